The number of carboxylic acids is 1. The van der Waals surface area contributed by atoms with Crippen molar-refractivity contribution in [1.29, 1.82) is 0 Å². The van der Waals surface area contributed by atoms with E-state index in [0.717, 1.165) is 16.9 Å². The summed E-state index contributed by atoms with van der Waals surface area (Å²) < 4.78 is 17.9. The lowest BCUT2D eigenvalue weighted by Gasteiger charge is -2.11. The third kappa shape index (κ3) is 6.07. The van der Waals surface area contributed by atoms with Gasteiger partial charge in [0.2, 0.25) is 5.88 Å². The van der Waals surface area contributed by atoms with Crippen LogP contribution in [-0.4, -0.2) is 36.4 Å². The molecule has 2 aromatic carbocycles. The third-order valence-electron chi connectivity index (χ3n) is 5.58. The number of carbonyl (C=O) groups is 1. The van der Waals surface area contributed by atoms with Crippen LogP contribution in [-0.2, 0) is 16.1 Å². The molecule has 0 spiro atoms. The quantitative estimate of drug-likeness (QED) is 0.247. The topological polar surface area (TPSA) is 77.9 Å². The first-order chi connectivity index (χ1) is 16.9. The van der Waals surface area contributed by atoms with Crippen molar-refractivity contribution >= 4 is 33.0 Å². The molecule has 180 valence electrons. The molecule has 0 aliphatic carbocycles. The fraction of sp³-hybridized carbons (Fsp3) is 0.214. The Kier molecular flexibility index (Phi) is 7.80. The number of benzene rings is 2. The summed E-state index contributed by atoms with van der Waals surface area (Å²) in [6, 6.07) is 16.0. The second kappa shape index (κ2) is 11.2. The van der Waals surface area contributed by atoms with E-state index in [9.17, 15) is 4.79 Å². The van der Waals surface area contributed by atoms with Crippen molar-refractivity contribution in [2.24, 2.45) is 0 Å². The Morgan fingerprint density at radius 1 is 1.06 bits per heavy atom. The van der Waals surface area contributed by atoms with E-state index in [-0.39, 0.29) is 6.42 Å². The van der Waals surface area contributed by atoms with Gasteiger partial charge in [0.25, 0.3) is 0 Å². The molecular formula is C28H27NO5S. The largest absolute Gasteiger partial charge is 0.491 e. The molecule has 0 bridgehead atoms. The van der Waals surface area contributed by atoms with Gasteiger partial charge in [-0.3, -0.25) is 4.79 Å². The highest BCUT2D eigenvalue weighted by atomic mass is 32.1. The van der Waals surface area contributed by atoms with Gasteiger partial charge in [0.1, 0.15) is 19.0 Å². The Morgan fingerprint density at radius 3 is 2.63 bits per heavy atom. The second-order valence-electron chi connectivity index (χ2n) is 8.15. The Balaban J connectivity index is 1.48. The van der Waals surface area contributed by atoms with Gasteiger partial charge in [-0.05, 0) is 70.5 Å². The van der Waals surface area contributed by atoms with Crippen molar-refractivity contribution in [3.8, 4) is 22.8 Å². The summed E-state index contributed by atoms with van der Waals surface area (Å²) in [6.45, 7) is 7.35. The van der Waals surface area contributed by atoms with Crippen LogP contribution in [0.15, 0.2) is 66.7 Å². The molecule has 7 heteroatoms. The van der Waals surface area contributed by atoms with Crippen LogP contribution in [0, 0.1) is 6.92 Å². The smallest absolute Gasteiger partial charge is 0.307 e. The van der Waals surface area contributed by atoms with Crippen LogP contribution >= 0.6 is 11.3 Å². The van der Waals surface area contributed by atoms with Crippen molar-refractivity contribution in [1.82, 2.24) is 4.98 Å². The van der Waals surface area contributed by atoms with Crippen molar-refractivity contribution in [2.45, 2.75) is 20.0 Å². The van der Waals surface area contributed by atoms with Crippen LogP contribution in [0.25, 0.3) is 26.8 Å². The van der Waals surface area contributed by atoms with Gasteiger partial charge in [-0.1, -0.05) is 18.7 Å². The molecule has 0 atom stereocenters. The summed E-state index contributed by atoms with van der Waals surface area (Å²) in [7, 11) is 1.66. The average Bonchev–Trinajstić information content (AvgIpc) is 3.26. The minimum absolute atomic E-state index is 0.117. The number of aliphatic carboxylic acids is 1. The number of thiophene rings is 1. The minimum atomic E-state index is -0.917. The van der Waals surface area contributed by atoms with Crippen LogP contribution in [0.4, 0.5) is 0 Å². The molecule has 0 fully saturated rings. The molecule has 4 aromatic rings. The number of hydrogen-bond acceptors (Lipinski definition) is 6. The monoisotopic (exact) mass is 489 g/mol. The Morgan fingerprint density at radius 2 is 1.91 bits per heavy atom. The summed E-state index contributed by atoms with van der Waals surface area (Å²) in [5.74, 6) is 0.393. The molecule has 0 unspecified atom stereocenters. The van der Waals surface area contributed by atoms with Gasteiger partial charge in [0, 0.05) is 35.0 Å². The van der Waals surface area contributed by atoms with Gasteiger partial charge >= 0.3 is 5.97 Å². The zero-order valence-electron chi connectivity index (χ0n) is 19.7. The highest BCUT2D eigenvalue weighted by Crippen LogP contribution is 2.37. The number of rotatable bonds is 11. The van der Waals surface area contributed by atoms with Gasteiger partial charge < -0.3 is 19.3 Å². The predicted octanol–water partition coefficient (Wildman–Crippen LogP) is 6.36. The summed E-state index contributed by atoms with van der Waals surface area (Å²) in [4.78, 5) is 15.2. The first-order valence-electron chi connectivity index (χ1n) is 11.2. The van der Waals surface area contributed by atoms with Crippen LogP contribution in [0.2, 0.25) is 0 Å². The molecule has 6 nitrogen and oxygen atoms in total. The van der Waals surface area contributed by atoms with Crippen LogP contribution in [0.1, 0.15) is 23.1 Å². The average molecular weight is 490 g/mol. The Hall–Kier alpha value is -3.68. The molecule has 0 amide bonds. The van der Waals surface area contributed by atoms with E-state index in [1.807, 2.05) is 6.07 Å². The van der Waals surface area contributed by atoms with E-state index >= 15 is 0 Å². The van der Waals surface area contributed by atoms with E-state index in [0.29, 0.717) is 36.8 Å². The highest BCUT2D eigenvalue weighted by molar-refractivity contribution is 7.17. The predicted molar refractivity (Wildman–Crippen MR) is 139 cm³/mol. The number of aromatic nitrogens is 1. The second-order valence-corrected chi connectivity index (χ2v) is 9.06. The van der Waals surface area contributed by atoms with E-state index < -0.39 is 5.97 Å². The molecule has 35 heavy (non-hydrogen) atoms. The number of ether oxygens (including phenoxy) is 3. The lowest BCUT2D eigenvalue weighted by molar-refractivity contribution is -0.135. The van der Waals surface area contributed by atoms with Crippen molar-refractivity contribution < 1.29 is 24.1 Å². The van der Waals surface area contributed by atoms with Crippen molar-refractivity contribution in [3.63, 3.8) is 0 Å². The van der Waals surface area contributed by atoms with Crippen LogP contribution in [0.5, 0.6) is 11.6 Å². The Labute approximate surface area is 208 Å². The number of aryl methyl sites for hydroxylation is 1. The zero-order chi connectivity index (χ0) is 24.8. The van der Waals surface area contributed by atoms with E-state index in [1.165, 1.54) is 21.2 Å². The number of carboxylic acid groups (broad SMARTS) is 1. The maximum Gasteiger partial charge on any atom is 0.307 e. The molecule has 1 N–H and O–H groups in total. The number of hydrogen-bond donors (Lipinski definition) is 1. The molecule has 0 aliphatic heterocycles. The summed E-state index contributed by atoms with van der Waals surface area (Å²) in [6.07, 6.45) is 1.47. The van der Waals surface area contributed by atoms with Gasteiger partial charge in [-0.25, -0.2) is 4.98 Å². The molecule has 2 aromatic heterocycles. The first-order valence-corrected chi connectivity index (χ1v) is 12.0. The zero-order valence-corrected chi connectivity index (χ0v) is 20.6. The number of methoxy groups -OCH3 is 1. The highest BCUT2D eigenvalue weighted by Gasteiger charge is 2.11. The standard InChI is InChI=1S/C28H27NO5S/c1-18(13-28(30)31)21-5-9-27(29-15-21)34-16-20-4-8-26-24(14-20)25(17-35-26)23-7-6-22(12-19(23)2)33-11-10-32-3/h4-9,12,14-15,17H,1,10-11,13,16H2,2-3H3,(H,30,31). The third-order valence-corrected chi connectivity index (χ3v) is 6.54. The molecule has 2 heterocycles. The lowest BCUT2D eigenvalue weighted by Crippen LogP contribution is -2.04. The van der Waals surface area contributed by atoms with Crippen molar-refractivity contribution in [3.05, 3.63) is 83.4 Å². The van der Waals surface area contributed by atoms with Gasteiger partial charge in [0.15, 0.2) is 0 Å². The maximum absolute atomic E-state index is 10.9. The molecule has 0 saturated carbocycles. The van der Waals surface area contributed by atoms with Crippen LogP contribution in [0.3, 0.4) is 0 Å². The molecule has 0 radical (unpaired) electrons. The summed E-state index contributed by atoms with van der Waals surface area (Å²) in [5.41, 5.74) is 5.75. The first kappa shape index (κ1) is 24.4. The van der Waals surface area contributed by atoms with E-state index in [2.05, 4.69) is 54.2 Å². The maximum atomic E-state index is 10.9. The Bertz CT molecular complexity index is 1340. The van der Waals surface area contributed by atoms with Gasteiger partial charge in [-0.2, -0.15) is 0 Å². The number of pyridine rings is 1. The summed E-state index contributed by atoms with van der Waals surface area (Å²) >= 11 is 1.72. The van der Waals surface area contributed by atoms with E-state index in [1.54, 1.807) is 36.8 Å². The van der Waals surface area contributed by atoms with Gasteiger partial charge in [-0.15, -0.1) is 11.3 Å². The van der Waals surface area contributed by atoms with Crippen LogP contribution < -0.4 is 9.47 Å². The van der Waals surface area contributed by atoms with Crippen molar-refractivity contribution in [2.75, 3.05) is 20.3 Å². The lowest BCUT2D eigenvalue weighted by atomic mass is 9.99. The van der Waals surface area contributed by atoms with Gasteiger partial charge in [0.05, 0.1) is 13.0 Å². The number of nitrogens with zero attached hydrogens (tertiary/aromatic N) is 1. The van der Waals surface area contributed by atoms with E-state index in [4.69, 9.17) is 19.3 Å². The SMILES string of the molecule is C=C(CC(=O)O)c1ccc(OCc2ccc3scc(-c4ccc(OCCOC)cc4C)c3c2)nc1. The molecule has 4 rings (SSSR count). The summed E-state index contributed by atoms with van der Waals surface area (Å²) in [5, 5.41) is 12.3. The normalized spacial score (nSPS) is 10.9. The fourth-order valence-electron chi connectivity index (χ4n) is 3.76. The molecule has 0 aliphatic rings. The molecular weight excluding hydrogens is 462 g/mol. The molecule has 0 saturated heterocycles. The minimum Gasteiger partial charge on any atom is -0.491 e. The number of fused-ring (bicyclic) bond motifs is 1. The fourth-order valence-corrected chi connectivity index (χ4v) is 4.70.